The Morgan fingerprint density at radius 1 is 1.33 bits per heavy atom. The Balaban J connectivity index is 2.36. The number of hydrogen-bond donors (Lipinski definition) is 3. The number of rotatable bonds is 4. The first-order valence-corrected chi connectivity index (χ1v) is 6.93. The molecule has 2 aromatic rings. The zero-order chi connectivity index (χ0) is 15.8. The Labute approximate surface area is 123 Å². The molecule has 0 bridgehead atoms. The Hall–Kier alpha value is -2.30. The van der Waals surface area contributed by atoms with Crippen molar-refractivity contribution >= 4 is 22.8 Å². The van der Waals surface area contributed by atoms with Gasteiger partial charge in [-0.25, -0.2) is 4.79 Å². The smallest absolute Gasteiger partial charge is 0.329 e. The largest absolute Gasteiger partial charge is 0.480 e. The summed E-state index contributed by atoms with van der Waals surface area (Å²) < 4.78 is 0. The van der Waals surface area contributed by atoms with E-state index in [1.807, 2.05) is 19.9 Å². The number of carboxylic acid groups (broad SMARTS) is 1. The molecule has 0 radical (unpaired) electrons. The van der Waals surface area contributed by atoms with Gasteiger partial charge in [-0.1, -0.05) is 6.92 Å². The number of carboxylic acids is 1. The molecular formula is C16H20N2O3. The van der Waals surface area contributed by atoms with Crippen LogP contribution in [-0.4, -0.2) is 27.5 Å². The van der Waals surface area contributed by atoms with Crippen LogP contribution in [0.4, 0.5) is 0 Å². The third-order valence-corrected chi connectivity index (χ3v) is 4.14. The molecule has 1 aromatic carbocycles. The third-order valence-electron chi connectivity index (χ3n) is 4.14. The van der Waals surface area contributed by atoms with Crippen molar-refractivity contribution in [1.29, 1.82) is 0 Å². The van der Waals surface area contributed by atoms with Gasteiger partial charge in [0.05, 0.1) is 0 Å². The maximum Gasteiger partial charge on any atom is 0.329 e. The lowest BCUT2D eigenvalue weighted by Gasteiger charge is -2.24. The number of amides is 1. The summed E-state index contributed by atoms with van der Waals surface area (Å²) in [4.78, 5) is 26.8. The molecule has 1 atom stereocenters. The van der Waals surface area contributed by atoms with Crippen molar-refractivity contribution < 1.29 is 14.7 Å². The summed E-state index contributed by atoms with van der Waals surface area (Å²) in [5.74, 6) is -1.41. The van der Waals surface area contributed by atoms with Crippen molar-refractivity contribution in [3.8, 4) is 0 Å². The highest BCUT2D eigenvalue weighted by Gasteiger charge is 2.33. The average Bonchev–Trinajstić information content (AvgIpc) is 2.73. The predicted octanol–water partition coefficient (Wildman–Crippen LogP) is 2.77. The van der Waals surface area contributed by atoms with Crippen molar-refractivity contribution in [3.63, 3.8) is 0 Å². The highest BCUT2D eigenvalue weighted by Crippen LogP contribution is 2.22. The number of carbonyl (C=O) groups is 2. The van der Waals surface area contributed by atoms with Crippen molar-refractivity contribution in [1.82, 2.24) is 10.3 Å². The van der Waals surface area contributed by atoms with E-state index in [1.165, 1.54) is 6.92 Å². The normalized spacial score (nSPS) is 13.9. The molecule has 3 N–H and O–H groups in total. The predicted molar refractivity (Wildman–Crippen MR) is 81.6 cm³/mol. The minimum absolute atomic E-state index is 0.318. The first kappa shape index (κ1) is 15.1. The first-order chi connectivity index (χ1) is 9.78. The number of aliphatic carboxylic acids is 1. The molecular weight excluding hydrogens is 268 g/mol. The number of aromatic nitrogens is 1. The fourth-order valence-electron chi connectivity index (χ4n) is 2.22. The summed E-state index contributed by atoms with van der Waals surface area (Å²) in [5.41, 5.74) is 2.33. The number of benzene rings is 1. The zero-order valence-corrected chi connectivity index (χ0v) is 12.7. The minimum Gasteiger partial charge on any atom is -0.480 e. The summed E-state index contributed by atoms with van der Waals surface area (Å²) in [7, 11) is 0. The maximum atomic E-state index is 12.3. The van der Waals surface area contributed by atoms with Gasteiger partial charge in [-0.15, -0.1) is 0 Å². The molecule has 0 aliphatic carbocycles. The van der Waals surface area contributed by atoms with Gasteiger partial charge in [-0.2, -0.15) is 0 Å². The lowest BCUT2D eigenvalue weighted by molar-refractivity contribution is -0.143. The summed E-state index contributed by atoms with van der Waals surface area (Å²) in [5, 5.41) is 12.8. The zero-order valence-electron chi connectivity index (χ0n) is 12.7. The molecule has 2 rings (SSSR count). The Morgan fingerprint density at radius 2 is 2.00 bits per heavy atom. The summed E-state index contributed by atoms with van der Waals surface area (Å²) in [6.07, 6.45) is 0.318. The number of H-pyrrole nitrogens is 1. The van der Waals surface area contributed by atoms with Crippen LogP contribution in [0.25, 0.3) is 10.9 Å². The van der Waals surface area contributed by atoms with Crippen molar-refractivity contribution in [3.05, 3.63) is 35.0 Å². The van der Waals surface area contributed by atoms with Crippen LogP contribution >= 0.6 is 0 Å². The lowest BCUT2D eigenvalue weighted by Crippen LogP contribution is -2.51. The monoisotopic (exact) mass is 288 g/mol. The van der Waals surface area contributed by atoms with E-state index in [2.05, 4.69) is 10.3 Å². The molecule has 0 spiro atoms. The van der Waals surface area contributed by atoms with Crippen LogP contribution in [0, 0.1) is 13.8 Å². The van der Waals surface area contributed by atoms with Crippen LogP contribution in [0.15, 0.2) is 18.2 Å². The molecule has 0 saturated heterocycles. The Kier molecular flexibility index (Phi) is 3.77. The second-order valence-electron chi connectivity index (χ2n) is 5.58. The highest BCUT2D eigenvalue weighted by molar-refractivity contribution is 6.01. The molecule has 0 saturated carbocycles. The second kappa shape index (κ2) is 5.24. The minimum atomic E-state index is -1.25. The van der Waals surface area contributed by atoms with Gasteiger partial charge >= 0.3 is 5.97 Å². The fourth-order valence-corrected chi connectivity index (χ4v) is 2.22. The Morgan fingerprint density at radius 3 is 2.57 bits per heavy atom. The van der Waals surface area contributed by atoms with E-state index in [1.54, 1.807) is 19.1 Å². The van der Waals surface area contributed by atoms with Crippen LogP contribution < -0.4 is 5.32 Å². The fraction of sp³-hybridized carbons (Fsp3) is 0.375. The number of hydrogen-bond acceptors (Lipinski definition) is 2. The van der Waals surface area contributed by atoms with Gasteiger partial charge in [-0.3, -0.25) is 4.79 Å². The van der Waals surface area contributed by atoms with E-state index in [-0.39, 0.29) is 5.91 Å². The van der Waals surface area contributed by atoms with E-state index in [4.69, 9.17) is 0 Å². The van der Waals surface area contributed by atoms with Crippen molar-refractivity contribution in [2.45, 2.75) is 39.7 Å². The van der Waals surface area contributed by atoms with Gasteiger partial charge in [0, 0.05) is 22.2 Å². The topological polar surface area (TPSA) is 82.2 Å². The number of nitrogens with one attached hydrogen (secondary N) is 2. The number of aromatic amines is 1. The van der Waals surface area contributed by atoms with Crippen LogP contribution in [0.2, 0.25) is 0 Å². The highest BCUT2D eigenvalue weighted by atomic mass is 16.4. The van der Waals surface area contributed by atoms with Crippen LogP contribution in [0.3, 0.4) is 0 Å². The molecule has 0 aliphatic rings. The number of aryl methyl sites for hydroxylation is 2. The molecule has 112 valence electrons. The second-order valence-corrected chi connectivity index (χ2v) is 5.58. The summed E-state index contributed by atoms with van der Waals surface area (Å²) >= 11 is 0. The van der Waals surface area contributed by atoms with Gasteiger partial charge in [0.25, 0.3) is 5.91 Å². The van der Waals surface area contributed by atoms with Gasteiger partial charge in [0.15, 0.2) is 0 Å². The van der Waals surface area contributed by atoms with Gasteiger partial charge in [0.2, 0.25) is 0 Å². The van der Waals surface area contributed by atoms with E-state index >= 15 is 0 Å². The van der Waals surface area contributed by atoms with Crippen molar-refractivity contribution in [2.75, 3.05) is 0 Å². The summed E-state index contributed by atoms with van der Waals surface area (Å²) in [6.45, 7) is 7.21. The van der Waals surface area contributed by atoms with Crippen molar-refractivity contribution in [2.24, 2.45) is 0 Å². The lowest BCUT2D eigenvalue weighted by atomic mass is 9.98. The quantitative estimate of drug-likeness (QED) is 0.809. The van der Waals surface area contributed by atoms with Crippen LogP contribution in [0.1, 0.15) is 41.9 Å². The molecule has 1 heterocycles. The molecule has 0 fully saturated rings. The maximum absolute atomic E-state index is 12.3. The van der Waals surface area contributed by atoms with Crippen LogP contribution in [-0.2, 0) is 4.79 Å². The van der Waals surface area contributed by atoms with E-state index in [9.17, 15) is 14.7 Å². The standard InChI is InChI=1S/C16H20N2O3/c1-5-16(4,15(20)21)18-14(19)11-6-7-13-12(8-11)9(2)10(3)17-13/h6-8,17H,5H2,1-4H3,(H,18,19)(H,20,21). The first-order valence-electron chi connectivity index (χ1n) is 6.93. The molecule has 21 heavy (non-hydrogen) atoms. The molecule has 1 amide bonds. The molecule has 5 nitrogen and oxygen atoms in total. The number of carbonyl (C=O) groups excluding carboxylic acids is 1. The SMILES string of the molecule is CCC(C)(NC(=O)c1ccc2[nH]c(C)c(C)c2c1)C(=O)O. The molecule has 1 aromatic heterocycles. The van der Waals surface area contributed by atoms with E-state index in [0.717, 1.165) is 22.2 Å². The average molecular weight is 288 g/mol. The third kappa shape index (κ3) is 2.63. The molecule has 1 unspecified atom stereocenters. The summed E-state index contributed by atoms with van der Waals surface area (Å²) in [6, 6.07) is 5.33. The van der Waals surface area contributed by atoms with Crippen LogP contribution in [0.5, 0.6) is 0 Å². The van der Waals surface area contributed by atoms with E-state index in [0.29, 0.717) is 12.0 Å². The molecule has 5 heteroatoms. The molecule has 0 aliphatic heterocycles. The van der Waals surface area contributed by atoms with E-state index < -0.39 is 11.5 Å². The van der Waals surface area contributed by atoms with Gasteiger partial charge in [0.1, 0.15) is 5.54 Å². The Bertz CT molecular complexity index is 718. The van der Waals surface area contributed by atoms with Gasteiger partial charge < -0.3 is 15.4 Å². The van der Waals surface area contributed by atoms with Gasteiger partial charge in [-0.05, 0) is 51.0 Å². The number of fused-ring (bicyclic) bond motifs is 1.